The molecule has 0 bridgehead atoms. The van der Waals surface area contributed by atoms with Crippen LogP contribution in [0.1, 0.15) is 19.8 Å². The Morgan fingerprint density at radius 3 is 2.69 bits per heavy atom. The predicted molar refractivity (Wildman–Crippen MR) is 112 cm³/mol. The van der Waals surface area contributed by atoms with Crippen molar-refractivity contribution >= 4 is 48.8 Å². The zero-order valence-electron chi connectivity index (χ0n) is 15.7. The molecule has 0 unspecified atom stereocenters. The Labute approximate surface area is 176 Å². The van der Waals surface area contributed by atoms with Crippen LogP contribution in [0.3, 0.4) is 0 Å². The van der Waals surface area contributed by atoms with Crippen molar-refractivity contribution in [2.24, 2.45) is 10.9 Å². The van der Waals surface area contributed by atoms with Crippen molar-refractivity contribution < 1.29 is 17.6 Å². The molecule has 0 N–H and O–H groups in total. The third-order valence-corrected chi connectivity index (χ3v) is 9.37. The number of fused-ring (bicyclic) bond motifs is 1. The number of thiazole rings is 1. The molecule has 0 saturated carbocycles. The second-order valence-corrected chi connectivity index (χ2v) is 10.9. The zero-order valence-corrected chi connectivity index (χ0v) is 18.2. The van der Waals surface area contributed by atoms with Crippen molar-refractivity contribution in [1.29, 1.82) is 0 Å². The minimum Gasteiger partial charge on any atom is -0.317 e. The molecule has 0 spiro atoms. The summed E-state index contributed by atoms with van der Waals surface area (Å²) in [6.07, 6.45) is 0.886. The van der Waals surface area contributed by atoms with E-state index in [9.17, 15) is 17.6 Å². The molecule has 1 saturated heterocycles. The maximum Gasteiger partial charge on any atom is 0.252 e. The van der Waals surface area contributed by atoms with E-state index in [0.717, 1.165) is 10.2 Å². The van der Waals surface area contributed by atoms with Gasteiger partial charge in [-0.15, -0.1) is 11.3 Å². The van der Waals surface area contributed by atoms with Gasteiger partial charge in [0.1, 0.15) is 10.0 Å². The second-order valence-electron chi connectivity index (χ2n) is 6.80. The van der Waals surface area contributed by atoms with Gasteiger partial charge in [0.2, 0.25) is 0 Å². The fraction of sp³-hybridized carbons (Fsp3) is 0.368. The molecule has 29 heavy (non-hydrogen) atoms. The lowest BCUT2D eigenvalue weighted by Gasteiger charge is -2.29. The number of hydrogen-bond acceptors (Lipinski definition) is 5. The monoisotopic (exact) mass is 453 g/mol. The van der Waals surface area contributed by atoms with Crippen LogP contribution in [0.15, 0.2) is 44.9 Å². The zero-order chi connectivity index (χ0) is 20.6. The Kier molecular flexibility index (Phi) is 5.69. The van der Waals surface area contributed by atoms with Crippen LogP contribution in [-0.2, 0) is 21.4 Å². The van der Waals surface area contributed by atoms with E-state index >= 15 is 0 Å². The summed E-state index contributed by atoms with van der Waals surface area (Å²) in [7, 11) is -3.49. The van der Waals surface area contributed by atoms with Crippen LogP contribution in [0.4, 0.5) is 4.39 Å². The van der Waals surface area contributed by atoms with Gasteiger partial charge in [0.15, 0.2) is 4.80 Å². The Bertz CT molecular complexity index is 1200. The van der Waals surface area contributed by atoms with Crippen LogP contribution in [0.25, 0.3) is 10.2 Å². The van der Waals surface area contributed by atoms with Crippen molar-refractivity contribution in [3.05, 3.63) is 46.3 Å². The Morgan fingerprint density at radius 2 is 2.03 bits per heavy atom. The summed E-state index contributed by atoms with van der Waals surface area (Å²) in [6.45, 7) is 3.18. The fourth-order valence-electron chi connectivity index (χ4n) is 3.50. The molecule has 1 aromatic carbocycles. The molecule has 1 amide bonds. The smallest absolute Gasteiger partial charge is 0.252 e. The molecule has 0 radical (unpaired) electrons. The number of nitrogens with zero attached hydrogens (tertiary/aromatic N) is 3. The minimum absolute atomic E-state index is 0.243. The van der Waals surface area contributed by atoms with E-state index in [-0.39, 0.29) is 17.6 Å². The number of carbonyl (C=O) groups excluding carboxylic acids is 1. The lowest BCUT2D eigenvalue weighted by atomic mass is 9.98. The molecule has 4 rings (SSSR count). The molecule has 1 aliphatic heterocycles. The van der Waals surface area contributed by atoms with E-state index in [1.165, 1.54) is 39.1 Å². The third kappa shape index (κ3) is 3.94. The number of amides is 1. The number of carbonyl (C=O) groups is 1. The fourth-order valence-corrected chi connectivity index (χ4v) is 7.24. The number of benzene rings is 1. The van der Waals surface area contributed by atoms with Crippen molar-refractivity contribution in [3.63, 3.8) is 0 Å². The van der Waals surface area contributed by atoms with Crippen LogP contribution in [0, 0.1) is 11.7 Å². The number of aryl methyl sites for hydroxylation is 1. The van der Waals surface area contributed by atoms with Gasteiger partial charge in [-0.3, -0.25) is 4.79 Å². The first kappa shape index (κ1) is 20.4. The van der Waals surface area contributed by atoms with Crippen molar-refractivity contribution in [1.82, 2.24) is 8.87 Å². The van der Waals surface area contributed by atoms with E-state index in [2.05, 4.69) is 4.99 Å². The highest BCUT2D eigenvalue weighted by Gasteiger charge is 2.32. The lowest BCUT2D eigenvalue weighted by Crippen LogP contribution is -2.40. The maximum atomic E-state index is 13.5. The first-order valence-electron chi connectivity index (χ1n) is 9.31. The van der Waals surface area contributed by atoms with Gasteiger partial charge in [-0.25, -0.2) is 12.8 Å². The normalized spacial score (nSPS) is 17.2. The molecule has 3 aromatic rings. The molecule has 0 aliphatic carbocycles. The molecule has 3 heterocycles. The second kappa shape index (κ2) is 8.10. The van der Waals surface area contributed by atoms with Crippen LogP contribution < -0.4 is 4.80 Å². The van der Waals surface area contributed by atoms with E-state index < -0.39 is 10.0 Å². The summed E-state index contributed by atoms with van der Waals surface area (Å²) in [6, 6.07) is 7.86. The molecule has 0 atom stereocenters. The molecule has 10 heteroatoms. The largest absolute Gasteiger partial charge is 0.317 e. The average Bonchev–Trinajstić information content (AvgIpc) is 3.35. The van der Waals surface area contributed by atoms with Crippen molar-refractivity contribution in [2.45, 2.75) is 30.5 Å². The van der Waals surface area contributed by atoms with Crippen LogP contribution in [0.5, 0.6) is 0 Å². The number of thiophene rings is 1. The summed E-state index contributed by atoms with van der Waals surface area (Å²) in [5.41, 5.74) is 0.849. The number of sulfonamides is 1. The van der Waals surface area contributed by atoms with E-state index in [0.29, 0.717) is 41.5 Å². The number of aromatic nitrogens is 1. The lowest BCUT2D eigenvalue weighted by molar-refractivity contribution is -0.122. The number of piperidine rings is 1. The number of rotatable bonds is 4. The van der Waals surface area contributed by atoms with Gasteiger partial charge in [-0.2, -0.15) is 9.30 Å². The Hall–Kier alpha value is -1.88. The van der Waals surface area contributed by atoms with Gasteiger partial charge >= 0.3 is 0 Å². The van der Waals surface area contributed by atoms with Crippen LogP contribution in [0.2, 0.25) is 0 Å². The number of halogens is 1. The third-order valence-electron chi connectivity index (χ3n) is 5.06. The van der Waals surface area contributed by atoms with Gasteiger partial charge in [0.25, 0.3) is 15.9 Å². The predicted octanol–water partition coefficient (Wildman–Crippen LogP) is 3.45. The van der Waals surface area contributed by atoms with Crippen molar-refractivity contribution in [3.8, 4) is 0 Å². The summed E-state index contributed by atoms with van der Waals surface area (Å²) < 4.78 is 43.2. The molecule has 1 fully saturated rings. The number of hydrogen-bond donors (Lipinski definition) is 0. The highest BCUT2D eigenvalue weighted by atomic mass is 32.2. The van der Waals surface area contributed by atoms with Crippen LogP contribution in [-0.4, -0.2) is 36.3 Å². The summed E-state index contributed by atoms with van der Waals surface area (Å²) in [4.78, 5) is 17.6. The molecule has 1 aliphatic rings. The molecule has 154 valence electrons. The van der Waals surface area contributed by atoms with Gasteiger partial charge in [-0.1, -0.05) is 17.4 Å². The SMILES string of the molecule is CCn1c(=NC(=O)C2CCN(S(=O)(=O)c3cccs3)CC2)sc2cc(F)ccc21. The van der Waals surface area contributed by atoms with Crippen LogP contribution >= 0.6 is 22.7 Å². The first-order chi connectivity index (χ1) is 13.9. The summed E-state index contributed by atoms with van der Waals surface area (Å²) in [5.74, 6) is -0.872. The molecular weight excluding hydrogens is 433 g/mol. The highest BCUT2D eigenvalue weighted by molar-refractivity contribution is 7.91. The highest BCUT2D eigenvalue weighted by Crippen LogP contribution is 2.27. The topological polar surface area (TPSA) is 71.7 Å². The Morgan fingerprint density at radius 1 is 1.28 bits per heavy atom. The molecule has 6 nitrogen and oxygen atoms in total. The van der Waals surface area contributed by atoms with Gasteiger partial charge in [0, 0.05) is 25.6 Å². The average molecular weight is 454 g/mol. The molecule has 2 aromatic heterocycles. The maximum absolute atomic E-state index is 13.5. The van der Waals surface area contributed by atoms with E-state index in [4.69, 9.17) is 0 Å². The Balaban J connectivity index is 1.53. The first-order valence-corrected chi connectivity index (χ1v) is 12.4. The summed E-state index contributed by atoms with van der Waals surface area (Å²) >= 11 is 2.48. The van der Waals surface area contributed by atoms with Gasteiger partial charge in [0.05, 0.1) is 10.2 Å². The standard InChI is InChI=1S/C19H20FN3O3S3/c1-2-23-15-6-5-14(20)12-16(15)28-19(23)21-18(24)13-7-9-22(10-8-13)29(25,26)17-4-3-11-27-17/h3-6,11-13H,2,7-10H2,1H3. The quantitative estimate of drug-likeness (QED) is 0.607. The molecular formula is C19H20FN3O3S3. The van der Waals surface area contributed by atoms with E-state index in [1.807, 2.05) is 11.5 Å². The van der Waals surface area contributed by atoms with Gasteiger partial charge in [-0.05, 0) is 49.4 Å². The minimum atomic E-state index is -3.49. The van der Waals surface area contributed by atoms with Crippen molar-refractivity contribution in [2.75, 3.05) is 13.1 Å². The van der Waals surface area contributed by atoms with Gasteiger partial charge < -0.3 is 4.57 Å². The summed E-state index contributed by atoms with van der Waals surface area (Å²) in [5, 5.41) is 1.74. The van der Waals surface area contributed by atoms with E-state index in [1.54, 1.807) is 23.6 Å².